The second-order valence-electron chi connectivity index (χ2n) is 5.57. The summed E-state index contributed by atoms with van der Waals surface area (Å²) in [5, 5.41) is 0. The third kappa shape index (κ3) is 5.00. The molecule has 0 aromatic heterocycles. The van der Waals surface area contributed by atoms with Gasteiger partial charge in [-0.3, -0.25) is 4.79 Å². The lowest BCUT2D eigenvalue weighted by Gasteiger charge is -2.23. The van der Waals surface area contributed by atoms with E-state index in [2.05, 4.69) is 13.8 Å². The van der Waals surface area contributed by atoms with E-state index in [0.717, 1.165) is 25.7 Å². The number of esters is 1. The van der Waals surface area contributed by atoms with Crippen LogP contribution in [0, 0.1) is 11.8 Å². The normalized spacial score (nSPS) is 19.8. The van der Waals surface area contributed by atoms with Crippen LogP contribution in [0.3, 0.4) is 0 Å². The first-order valence-corrected chi connectivity index (χ1v) is 6.80. The molecule has 0 aromatic rings. The van der Waals surface area contributed by atoms with Gasteiger partial charge in [0.1, 0.15) is 6.10 Å². The van der Waals surface area contributed by atoms with E-state index < -0.39 is 0 Å². The summed E-state index contributed by atoms with van der Waals surface area (Å²) in [6, 6.07) is 0. The third-order valence-electron chi connectivity index (χ3n) is 3.41. The quantitative estimate of drug-likeness (QED) is 0.664. The van der Waals surface area contributed by atoms with Crippen molar-refractivity contribution in [2.75, 3.05) is 0 Å². The molecule has 1 unspecified atom stereocenters. The van der Waals surface area contributed by atoms with Gasteiger partial charge in [-0.25, -0.2) is 0 Å². The van der Waals surface area contributed by atoms with E-state index in [1.54, 1.807) is 0 Å². The fourth-order valence-corrected chi connectivity index (χ4v) is 2.16. The van der Waals surface area contributed by atoms with Crippen LogP contribution in [0.5, 0.6) is 0 Å². The molecule has 0 aromatic carbocycles. The van der Waals surface area contributed by atoms with E-state index in [0.29, 0.717) is 5.92 Å². The van der Waals surface area contributed by atoms with Crippen molar-refractivity contribution in [3.05, 3.63) is 0 Å². The van der Waals surface area contributed by atoms with E-state index in [1.807, 2.05) is 6.92 Å². The SMILES string of the molecule is CC(C)CCC(C)C(=O)OC1CCCCC1. The van der Waals surface area contributed by atoms with Crippen LogP contribution in [0.4, 0.5) is 0 Å². The fraction of sp³-hybridized carbons (Fsp3) is 0.929. The Morgan fingerprint density at radius 1 is 1.12 bits per heavy atom. The molecule has 0 saturated heterocycles. The number of carbonyl (C=O) groups excluding carboxylic acids is 1. The lowest BCUT2D eigenvalue weighted by Crippen LogP contribution is -2.24. The highest BCUT2D eigenvalue weighted by Gasteiger charge is 2.21. The van der Waals surface area contributed by atoms with Gasteiger partial charge in [0.2, 0.25) is 0 Å². The first kappa shape index (κ1) is 13.5. The molecule has 0 bridgehead atoms. The van der Waals surface area contributed by atoms with Crippen LogP contribution in [0.1, 0.15) is 65.7 Å². The van der Waals surface area contributed by atoms with Crippen molar-refractivity contribution in [2.45, 2.75) is 71.8 Å². The van der Waals surface area contributed by atoms with E-state index >= 15 is 0 Å². The van der Waals surface area contributed by atoms with E-state index in [9.17, 15) is 4.79 Å². The Kier molecular flexibility index (Phi) is 5.86. The summed E-state index contributed by atoms with van der Waals surface area (Å²) in [6.07, 6.45) is 8.17. The zero-order chi connectivity index (χ0) is 12.0. The van der Waals surface area contributed by atoms with Crippen LogP contribution in [-0.2, 0) is 9.53 Å². The molecule has 16 heavy (non-hydrogen) atoms. The highest BCUT2D eigenvalue weighted by atomic mass is 16.5. The van der Waals surface area contributed by atoms with Crippen LogP contribution in [0.25, 0.3) is 0 Å². The van der Waals surface area contributed by atoms with Gasteiger partial charge in [-0.05, 0) is 38.0 Å². The highest BCUT2D eigenvalue weighted by molar-refractivity contribution is 5.72. The number of hydrogen-bond acceptors (Lipinski definition) is 2. The van der Waals surface area contributed by atoms with Gasteiger partial charge < -0.3 is 4.74 Å². The average Bonchev–Trinajstić information content (AvgIpc) is 2.27. The fourth-order valence-electron chi connectivity index (χ4n) is 2.16. The van der Waals surface area contributed by atoms with Crippen molar-refractivity contribution in [3.63, 3.8) is 0 Å². The minimum Gasteiger partial charge on any atom is -0.462 e. The topological polar surface area (TPSA) is 26.3 Å². The maximum absolute atomic E-state index is 11.8. The Morgan fingerprint density at radius 2 is 1.75 bits per heavy atom. The number of rotatable bonds is 5. The number of ether oxygens (including phenoxy) is 1. The summed E-state index contributed by atoms with van der Waals surface area (Å²) in [6.45, 7) is 6.38. The van der Waals surface area contributed by atoms with E-state index in [-0.39, 0.29) is 18.0 Å². The van der Waals surface area contributed by atoms with Crippen molar-refractivity contribution in [2.24, 2.45) is 11.8 Å². The molecule has 0 radical (unpaired) electrons. The molecule has 0 amide bonds. The van der Waals surface area contributed by atoms with Crippen LogP contribution >= 0.6 is 0 Å². The van der Waals surface area contributed by atoms with Gasteiger partial charge in [0.25, 0.3) is 0 Å². The molecule has 1 aliphatic rings. The van der Waals surface area contributed by atoms with Crippen LogP contribution in [0.2, 0.25) is 0 Å². The molecule has 0 aliphatic heterocycles. The predicted molar refractivity (Wildman–Crippen MR) is 66.2 cm³/mol. The first-order chi connectivity index (χ1) is 7.59. The molecule has 94 valence electrons. The average molecular weight is 226 g/mol. The molecule has 1 saturated carbocycles. The Bertz CT molecular complexity index is 205. The van der Waals surface area contributed by atoms with E-state index in [1.165, 1.54) is 19.3 Å². The smallest absolute Gasteiger partial charge is 0.308 e. The Labute approximate surface area is 99.8 Å². The van der Waals surface area contributed by atoms with Gasteiger partial charge in [0.15, 0.2) is 0 Å². The molecule has 1 aliphatic carbocycles. The molecule has 2 heteroatoms. The molecular weight excluding hydrogens is 200 g/mol. The lowest BCUT2D eigenvalue weighted by molar-refractivity contribution is -0.155. The zero-order valence-corrected chi connectivity index (χ0v) is 11.0. The number of hydrogen-bond donors (Lipinski definition) is 0. The molecule has 1 fully saturated rings. The monoisotopic (exact) mass is 226 g/mol. The van der Waals surface area contributed by atoms with E-state index in [4.69, 9.17) is 4.74 Å². The Hall–Kier alpha value is -0.530. The standard InChI is InChI=1S/C14H26O2/c1-11(2)9-10-12(3)14(15)16-13-7-5-4-6-8-13/h11-13H,4-10H2,1-3H3. The van der Waals surface area contributed by atoms with Crippen molar-refractivity contribution < 1.29 is 9.53 Å². The molecule has 0 N–H and O–H groups in total. The second kappa shape index (κ2) is 6.93. The van der Waals surface area contributed by atoms with Crippen LogP contribution in [0.15, 0.2) is 0 Å². The van der Waals surface area contributed by atoms with Crippen molar-refractivity contribution >= 4 is 5.97 Å². The van der Waals surface area contributed by atoms with Gasteiger partial charge in [-0.15, -0.1) is 0 Å². The third-order valence-corrected chi connectivity index (χ3v) is 3.41. The molecule has 0 heterocycles. The van der Waals surface area contributed by atoms with Crippen LogP contribution in [-0.4, -0.2) is 12.1 Å². The summed E-state index contributed by atoms with van der Waals surface area (Å²) in [5.74, 6) is 0.766. The summed E-state index contributed by atoms with van der Waals surface area (Å²) < 4.78 is 5.55. The van der Waals surface area contributed by atoms with Crippen molar-refractivity contribution in [1.82, 2.24) is 0 Å². The largest absolute Gasteiger partial charge is 0.462 e. The van der Waals surface area contributed by atoms with Gasteiger partial charge in [-0.2, -0.15) is 0 Å². The molecule has 1 rings (SSSR count). The molecular formula is C14H26O2. The Balaban J connectivity index is 2.22. The summed E-state index contributed by atoms with van der Waals surface area (Å²) in [5.41, 5.74) is 0. The Morgan fingerprint density at radius 3 is 2.31 bits per heavy atom. The van der Waals surface area contributed by atoms with Gasteiger partial charge >= 0.3 is 5.97 Å². The van der Waals surface area contributed by atoms with Crippen molar-refractivity contribution in [3.8, 4) is 0 Å². The summed E-state index contributed by atoms with van der Waals surface area (Å²) >= 11 is 0. The van der Waals surface area contributed by atoms with Crippen molar-refractivity contribution in [1.29, 1.82) is 0 Å². The first-order valence-electron chi connectivity index (χ1n) is 6.80. The molecule has 1 atom stereocenters. The number of carbonyl (C=O) groups is 1. The van der Waals surface area contributed by atoms with Crippen LogP contribution < -0.4 is 0 Å². The lowest BCUT2D eigenvalue weighted by atomic mass is 9.97. The molecule has 2 nitrogen and oxygen atoms in total. The zero-order valence-electron chi connectivity index (χ0n) is 11.0. The minimum absolute atomic E-state index is 0.0209. The van der Waals surface area contributed by atoms with Gasteiger partial charge in [0, 0.05) is 0 Å². The summed E-state index contributed by atoms with van der Waals surface area (Å²) in [4.78, 5) is 11.8. The second-order valence-corrected chi connectivity index (χ2v) is 5.57. The van der Waals surface area contributed by atoms with Gasteiger partial charge in [-0.1, -0.05) is 33.6 Å². The maximum atomic E-state index is 11.8. The predicted octanol–water partition coefficient (Wildman–Crippen LogP) is 3.93. The maximum Gasteiger partial charge on any atom is 0.308 e. The molecule has 0 spiro atoms. The van der Waals surface area contributed by atoms with Gasteiger partial charge in [0.05, 0.1) is 5.92 Å². The highest BCUT2D eigenvalue weighted by Crippen LogP contribution is 2.22. The summed E-state index contributed by atoms with van der Waals surface area (Å²) in [7, 11) is 0. The minimum atomic E-state index is 0.0209.